The van der Waals surface area contributed by atoms with Gasteiger partial charge in [0.2, 0.25) is 5.95 Å². The third kappa shape index (κ3) is 4.04. The molecular formula is C17H23N7O2. The Kier molecular flexibility index (Phi) is 4.59. The Labute approximate surface area is 151 Å². The SMILES string of the molecule is O=C(O)NCC1CCCN(c2nccc(Nc3cc(C4CC4)[nH]n3)n2)C1. The molecule has 26 heavy (non-hydrogen) atoms. The molecule has 2 aromatic rings. The van der Waals surface area contributed by atoms with Crippen LogP contribution in [0.15, 0.2) is 18.3 Å². The van der Waals surface area contributed by atoms with Gasteiger partial charge in [-0.05, 0) is 37.7 Å². The van der Waals surface area contributed by atoms with E-state index in [4.69, 9.17) is 5.11 Å². The highest BCUT2D eigenvalue weighted by Crippen LogP contribution is 2.39. The number of amides is 1. The van der Waals surface area contributed by atoms with Crippen molar-refractivity contribution in [2.24, 2.45) is 5.92 Å². The highest BCUT2D eigenvalue weighted by atomic mass is 16.4. The molecule has 1 atom stereocenters. The number of carboxylic acid groups (broad SMARTS) is 1. The molecule has 4 N–H and O–H groups in total. The highest BCUT2D eigenvalue weighted by Gasteiger charge is 2.26. The largest absolute Gasteiger partial charge is 0.465 e. The van der Waals surface area contributed by atoms with Crippen LogP contribution in [0.5, 0.6) is 0 Å². The summed E-state index contributed by atoms with van der Waals surface area (Å²) in [6.07, 6.45) is 5.22. The third-order valence-electron chi connectivity index (χ3n) is 4.86. The number of hydrogen-bond acceptors (Lipinski definition) is 6. The summed E-state index contributed by atoms with van der Waals surface area (Å²) in [5.74, 6) is 3.03. The summed E-state index contributed by atoms with van der Waals surface area (Å²) in [4.78, 5) is 21.8. The van der Waals surface area contributed by atoms with E-state index in [1.54, 1.807) is 6.20 Å². The molecule has 3 heterocycles. The quantitative estimate of drug-likeness (QED) is 0.626. The van der Waals surface area contributed by atoms with Crippen molar-refractivity contribution in [3.05, 3.63) is 24.0 Å². The molecule has 138 valence electrons. The first-order chi connectivity index (χ1) is 12.7. The molecule has 0 aromatic carbocycles. The Morgan fingerprint density at radius 2 is 2.23 bits per heavy atom. The molecule has 9 heteroatoms. The van der Waals surface area contributed by atoms with Crippen molar-refractivity contribution in [2.45, 2.75) is 31.6 Å². The predicted molar refractivity (Wildman–Crippen MR) is 96.8 cm³/mol. The standard InChI is InChI=1S/C17H23N7O2/c25-17(26)19-9-11-2-1-7-24(10-11)16-18-6-5-14(21-16)20-15-8-13(22-23-15)12-3-4-12/h5-6,8,11-12,19H,1-4,7,9-10H2,(H,25,26)(H2,18,20,21,22,23). The van der Waals surface area contributed by atoms with Gasteiger partial charge in [0.1, 0.15) is 5.82 Å². The topological polar surface area (TPSA) is 119 Å². The average molecular weight is 357 g/mol. The van der Waals surface area contributed by atoms with E-state index in [-0.39, 0.29) is 5.92 Å². The fourth-order valence-electron chi connectivity index (χ4n) is 3.35. The van der Waals surface area contributed by atoms with E-state index in [2.05, 4.69) is 35.7 Å². The molecule has 2 fully saturated rings. The monoisotopic (exact) mass is 357 g/mol. The lowest BCUT2D eigenvalue weighted by Crippen LogP contribution is -2.41. The predicted octanol–water partition coefficient (Wildman–Crippen LogP) is 2.30. The number of aromatic nitrogens is 4. The van der Waals surface area contributed by atoms with Crippen molar-refractivity contribution in [3.8, 4) is 0 Å². The van der Waals surface area contributed by atoms with E-state index in [0.717, 1.165) is 31.7 Å². The number of anilines is 3. The number of nitrogens with zero attached hydrogens (tertiary/aromatic N) is 4. The second-order valence-electron chi connectivity index (χ2n) is 6.99. The van der Waals surface area contributed by atoms with Crippen molar-refractivity contribution >= 4 is 23.7 Å². The summed E-state index contributed by atoms with van der Waals surface area (Å²) in [7, 11) is 0. The molecule has 0 radical (unpaired) electrons. The number of hydrogen-bond donors (Lipinski definition) is 4. The van der Waals surface area contributed by atoms with Gasteiger partial charge in [-0.2, -0.15) is 10.1 Å². The van der Waals surface area contributed by atoms with Gasteiger partial charge >= 0.3 is 6.09 Å². The molecular weight excluding hydrogens is 334 g/mol. The lowest BCUT2D eigenvalue weighted by molar-refractivity contribution is 0.191. The van der Waals surface area contributed by atoms with Gasteiger partial charge in [-0.3, -0.25) is 5.10 Å². The molecule has 2 aliphatic rings. The third-order valence-corrected chi connectivity index (χ3v) is 4.86. The Morgan fingerprint density at radius 3 is 3.04 bits per heavy atom. The minimum atomic E-state index is -0.978. The second-order valence-corrected chi connectivity index (χ2v) is 6.99. The van der Waals surface area contributed by atoms with Crippen LogP contribution in [0.4, 0.5) is 22.4 Å². The first kappa shape index (κ1) is 16.6. The smallest absolute Gasteiger partial charge is 0.404 e. The summed E-state index contributed by atoms with van der Waals surface area (Å²) < 4.78 is 0. The van der Waals surface area contributed by atoms with E-state index in [0.29, 0.717) is 24.2 Å². The molecule has 1 aliphatic heterocycles. The summed E-state index contributed by atoms with van der Waals surface area (Å²) in [5, 5.41) is 21.8. The van der Waals surface area contributed by atoms with Crippen LogP contribution in [-0.4, -0.2) is 51.0 Å². The van der Waals surface area contributed by atoms with Gasteiger partial charge in [0.05, 0.1) is 0 Å². The molecule has 1 saturated carbocycles. The number of rotatable bonds is 6. The normalized spacial score (nSPS) is 20.0. The lowest BCUT2D eigenvalue weighted by Gasteiger charge is -2.32. The first-order valence-corrected chi connectivity index (χ1v) is 9.04. The lowest BCUT2D eigenvalue weighted by atomic mass is 9.98. The van der Waals surface area contributed by atoms with Gasteiger partial charge in [-0.15, -0.1) is 0 Å². The number of nitrogens with one attached hydrogen (secondary N) is 3. The minimum absolute atomic E-state index is 0.271. The van der Waals surface area contributed by atoms with Crippen molar-refractivity contribution in [3.63, 3.8) is 0 Å². The maximum Gasteiger partial charge on any atom is 0.404 e. The van der Waals surface area contributed by atoms with Gasteiger partial charge in [0.25, 0.3) is 0 Å². The van der Waals surface area contributed by atoms with E-state index in [1.807, 2.05) is 12.1 Å². The minimum Gasteiger partial charge on any atom is -0.465 e. The van der Waals surface area contributed by atoms with E-state index < -0.39 is 6.09 Å². The molecule has 1 unspecified atom stereocenters. The number of aromatic amines is 1. The first-order valence-electron chi connectivity index (χ1n) is 9.04. The summed E-state index contributed by atoms with van der Waals surface area (Å²) in [6, 6.07) is 3.86. The van der Waals surface area contributed by atoms with E-state index in [1.165, 1.54) is 18.5 Å². The molecule has 0 spiro atoms. The maximum absolute atomic E-state index is 10.7. The molecule has 2 aromatic heterocycles. The van der Waals surface area contributed by atoms with Crippen molar-refractivity contribution < 1.29 is 9.90 Å². The van der Waals surface area contributed by atoms with Crippen molar-refractivity contribution in [1.82, 2.24) is 25.5 Å². The fraction of sp³-hybridized carbons (Fsp3) is 0.529. The summed E-state index contributed by atoms with van der Waals surface area (Å²) in [5.41, 5.74) is 1.17. The van der Waals surface area contributed by atoms with Crippen LogP contribution in [0, 0.1) is 5.92 Å². The van der Waals surface area contributed by atoms with Gasteiger partial charge < -0.3 is 20.6 Å². The average Bonchev–Trinajstić information content (AvgIpc) is 3.40. The molecule has 1 saturated heterocycles. The number of H-pyrrole nitrogens is 1. The van der Waals surface area contributed by atoms with Crippen LogP contribution in [0.1, 0.15) is 37.3 Å². The number of carbonyl (C=O) groups is 1. The molecule has 1 aliphatic carbocycles. The van der Waals surface area contributed by atoms with E-state index >= 15 is 0 Å². The van der Waals surface area contributed by atoms with E-state index in [9.17, 15) is 4.79 Å². The van der Waals surface area contributed by atoms with Crippen molar-refractivity contribution in [2.75, 3.05) is 29.9 Å². The van der Waals surface area contributed by atoms with Crippen LogP contribution in [0.25, 0.3) is 0 Å². The van der Waals surface area contributed by atoms with Crippen LogP contribution >= 0.6 is 0 Å². The Bertz CT molecular complexity index is 774. The molecule has 4 rings (SSSR count). The van der Waals surface area contributed by atoms with Crippen LogP contribution < -0.4 is 15.5 Å². The van der Waals surface area contributed by atoms with Gasteiger partial charge in [-0.1, -0.05) is 0 Å². The van der Waals surface area contributed by atoms with Crippen LogP contribution in [0.3, 0.4) is 0 Å². The van der Waals surface area contributed by atoms with Gasteiger partial charge in [-0.25, -0.2) is 9.78 Å². The molecule has 0 bridgehead atoms. The van der Waals surface area contributed by atoms with Crippen LogP contribution in [-0.2, 0) is 0 Å². The van der Waals surface area contributed by atoms with Crippen molar-refractivity contribution in [1.29, 1.82) is 0 Å². The summed E-state index contributed by atoms with van der Waals surface area (Å²) in [6.45, 7) is 2.08. The fourth-order valence-corrected chi connectivity index (χ4v) is 3.35. The van der Waals surface area contributed by atoms with Gasteiger partial charge in [0, 0.05) is 43.5 Å². The Hall–Kier alpha value is -2.84. The molecule has 9 nitrogen and oxygen atoms in total. The number of piperidine rings is 1. The highest BCUT2D eigenvalue weighted by molar-refractivity contribution is 5.64. The second kappa shape index (κ2) is 7.19. The zero-order valence-corrected chi connectivity index (χ0v) is 14.5. The van der Waals surface area contributed by atoms with Crippen LogP contribution in [0.2, 0.25) is 0 Å². The maximum atomic E-state index is 10.7. The zero-order chi connectivity index (χ0) is 17.9. The van der Waals surface area contributed by atoms with Gasteiger partial charge in [0.15, 0.2) is 5.82 Å². The Balaban J connectivity index is 1.40. The Morgan fingerprint density at radius 1 is 1.35 bits per heavy atom. The molecule has 1 amide bonds. The zero-order valence-electron chi connectivity index (χ0n) is 14.5. The summed E-state index contributed by atoms with van der Waals surface area (Å²) >= 11 is 0.